The summed E-state index contributed by atoms with van der Waals surface area (Å²) >= 11 is 0. The summed E-state index contributed by atoms with van der Waals surface area (Å²) in [5, 5.41) is 3.02. The van der Waals surface area contributed by atoms with Crippen LogP contribution in [0.4, 0.5) is 5.69 Å². The van der Waals surface area contributed by atoms with Crippen molar-refractivity contribution >= 4 is 21.6 Å². The average molecular weight is 453 g/mol. The van der Waals surface area contributed by atoms with Gasteiger partial charge in [0.25, 0.3) is 15.9 Å². The van der Waals surface area contributed by atoms with Gasteiger partial charge in [-0.25, -0.2) is 8.42 Å². The van der Waals surface area contributed by atoms with Crippen molar-refractivity contribution in [1.82, 2.24) is 5.32 Å². The number of rotatable bonds is 8. The molecule has 1 atom stereocenters. The van der Waals surface area contributed by atoms with Crippen molar-refractivity contribution < 1.29 is 17.9 Å². The second kappa shape index (κ2) is 9.87. The summed E-state index contributed by atoms with van der Waals surface area (Å²) in [7, 11) is -2.21. The molecule has 0 aliphatic heterocycles. The van der Waals surface area contributed by atoms with Crippen LogP contribution in [0.25, 0.3) is 0 Å². The number of methoxy groups -OCH3 is 1. The lowest BCUT2D eigenvalue weighted by Crippen LogP contribution is -2.29. The Balaban J connectivity index is 1.84. The first-order valence-corrected chi connectivity index (χ1v) is 11.9. The Kier molecular flexibility index (Phi) is 7.20. The molecular weight excluding hydrogens is 424 g/mol. The molecule has 0 saturated carbocycles. The SMILES string of the molecule is CC[C@@H](NC(=O)c1ccccc1NS(=O)(=O)c1ccc(C)cc1)c1ccc(OC)c(C)c1. The van der Waals surface area contributed by atoms with Crippen LogP contribution in [0.5, 0.6) is 5.75 Å². The highest BCUT2D eigenvalue weighted by atomic mass is 32.2. The molecule has 6 nitrogen and oxygen atoms in total. The van der Waals surface area contributed by atoms with E-state index in [0.29, 0.717) is 6.42 Å². The number of anilines is 1. The average Bonchev–Trinajstić information content (AvgIpc) is 2.77. The van der Waals surface area contributed by atoms with E-state index in [1.165, 1.54) is 0 Å². The Morgan fingerprint density at radius 1 is 1.00 bits per heavy atom. The first-order valence-electron chi connectivity index (χ1n) is 10.4. The zero-order chi connectivity index (χ0) is 23.3. The van der Waals surface area contributed by atoms with E-state index in [0.717, 1.165) is 22.4 Å². The molecule has 0 unspecified atom stereocenters. The Labute approximate surface area is 189 Å². The summed E-state index contributed by atoms with van der Waals surface area (Å²) in [5.74, 6) is 0.429. The van der Waals surface area contributed by atoms with Crippen LogP contribution in [0.3, 0.4) is 0 Å². The predicted molar refractivity (Wildman–Crippen MR) is 127 cm³/mol. The van der Waals surface area contributed by atoms with E-state index in [-0.39, 0.29) is 28.1 Å². The molecule has 0 heterocycles. The number of carbonyl (C=O) groups is 1. The number of carbonyl (C=O) groups excluding carboxylic acids is 1. The van der Waals surface area contributed by atoms with Gasteiger partial charge in [-0.2, -0.15) is 0 Å². The molecule has 0 radical (unpaired) electrons. The minimum Gasteiger partial charge on any atom is -0.496 e. The fourth-order valence-corrected chi connectivity index (χ4v) is 4.55. The number of hydrogen-bond acceptors (Lipinski definition) is 4. The maximum Gasteiger partial charge on any atom is 0.261 e. The Hall–Kier alpha value is -3.32. The van der Waals surface area contributed by atoms with Crippen LogP contribution in [0, 0.1) is 13.8 Å². The molecule has 1 amide bonds. The zero-order valence-corrected chi connectivity index (χ0v) is 19.5. The van der Waals surface area contributed by atoms with Gasteiger partial charge >= 0.3 is 0 Å². The summed E-state index contributed by atoms with van der Waals surface area (Å²) < 4.78 is 33.5. The number of aryl methyl sites for hydroxylation is 2. The minimum absolute atomic E-state index is 0.137. The van der Waals surface area contributed by atoms with Gasteiger partial charge in [0.2, 0.25) is 0 Å². The summed E-state index contributed by atoms with van der Waals surface area (Å²) in [4.78, 5) is 13.3. The number of hydrogen-bond donors (Lipinski definition) is 2. The van der Waals surface area contributed by atoms with Crippen molar-refractivity contribution in [3.05, 3.63) is 89.0 Å². The van der Waals surface area contributed by atoms with Crippen molar-refractivity contribution in [3.8, 4) is 5.75 Å². The molecule has 0 saturated heterocycles. The van der Waals surface area contributed by atoms with E-state index >= 15 is 0 Å². The normalized spacial score (nSPS) is 12.1. The molecule has 0 spiro atoms. The molecule has 3 aromatic carbocycles. The molecule has 3 aromatic rings. The fraction of sp³-hybridized carbons (Fsp3) is 0.240. The molecule has 0 aliphatic carbocycles. The van der Waals surface area contributed by atoms with E-state index in [1.807, 2.05) is 39.0 Å². The number of amides is 1. The van der Waals surface area contributed by atoms with Gasteiger partial charge in [-0.15, -0.1) is 0 Å². The van der Waals surface area contributed by atoms with Crippen molar-refractivity contribution in [2.24, 2.45) is 0 Å². The minimum atomic E-state index is -3.83. The maximum atomic E-state index is 13.1. The highest BCUT2D eigenvalue weighted by Gasteiger charge is 2.21. The Bertz CT molecular complexity index is 1200. The molecule has 3 rings (SSSR count). The standard InChI is InChI=1S/C25H28N2O4S/c1-5-22(19-12-15-24(31-4)18(3)16-19)26-25(28)21-8-6-7-9-23(21)27-32(29,30)20-13-10-17(2)11-14-20/h6-16,22,27H,5H2,1-4H3,(H,26,28)/t22-/m1/s1. The van der Waals surface area contributed by atoms with Gasteiger partial charge < -0.3 is 10.1 Å². The van der Waals surface area contributed by atoms with Crippen LogP contribution in [0.1, 0.15) is 46.4 Å². The topological polar surface area (TPSA) is 84.5 Å². The molecule has 0 fully saturated rings. The summed E-state index contributed by atoms with van der Waals surface area (Å²) in [6.45, 7) is 5.82. The quantitative estimate of drug-likeness (QED) is 0.504. The van der Waals surface area contributed by atoms with Crippen LogP contribution in [-0.2, 0) is 10.0 Å². The Morgan fingerprint density at radius 2 is 1.69 bits per heavy atom. The third-order valence-corrected chi connectivity index (χ3v) is 6.66. The molecule has 2 N–H and O–H groups in total. The maximum absolute atomic E-state index is 13.1. The highest BCUT2D eigenvalue weighted by molar-refractivity contribution is 7.92. The van der Waals surface area contributed by atoms with Crippen LogP contribution in [0.2, 0.25) is 0 Å². The number of nitrogens with one attached hydrogen (secondary N) is 2. The van der Waals surface area contributed by atoms with Crippen LogP contribution in [0.15, 0.2) is 71.6 Å². The number of para-hydroxylation sites is 1. The monoisotopic (exact) mass is 452 g/mol. The lowest BCUT2D eigenvalue weighted by Gasteiger charge is -2.20. The lowest BCUT2D eigenvalue weighted by molar-refractivity contribution is 0.0936. The Morgan fingerprint density at radius 3 is 2.31 bits per heavy atom. The van der Waals surface area contributed by atoms with Crippen molar-refractivity contribution in [3.63, 3.8) is 0 Å². The third kappa shape index (κ3) is 5.29. The second-order valence-corrected chi connectivity index (χ2v) is 9.31. The molecule has 168 valence electrons. The van der Waals surface area contributed by atoms with E-state index in [4.69, 9.17) is 4.74 Å². The van der Waals surface area contributed by atoms with Crippen molar-refractivity contribution in [2.45, 2.75) is 38.1 Å². The molecule has 0 bridgehead atoms. The highest BCUT2D eigenvalue weighted by Crippen LogP contribution is 2.26. The zero-order valence-electron chi connectivity index (χ0n) is 18.7. The molecule has 0 aliphatic rings. The van der Waals surface area contributed by atoms with Gasteiger partial charge in [0.15, 0.2) is 0 Å². The van der Waals surface area contributed by atoms with Gasteiger partial charge in [0, 0.05) is 0 Å². The largest absolute Gasteiger partial charge is 0.496 e. The number of sulfonamides is 1. The van der Waals surface area contributed by atoms with E-state index < -0.39 is 10.0 Å². The van der Waals surface area contributed by atoms with Gasteiger partial charge in [0.1, 0.15) is 5.75 Å². The van der Waals surface area contributed by atoms with Gasteiger partial charge in [-0.1, -0.05) is 48.9 Å². The van der Waals surface area contributed by atoms with Gasteiger partial charge in [-0.05, 0) is 61.7 Å². The molecule has 7 heteroatoms. The molecular formula is C25H28N2O4S. The van der Waals surface area contributed by atoms with E-state index in [1.54, 1.807) is 55.6 Å². The second-order valence-electron chi connectivity index (χ2n) is 7.63. The number of ether oxygens (including phenoxy) is 1. The van der Waals surface area contributed by atoms with Crippen molar-refractivity contribution in [1.29, 1.82) is 0 Å². The van der Waals surface area contributed by atoms with Gasteiger partial charge in [0.05, 0.1) is 29.3 Å². The molecule has 32 heavy (non-hydrogen) atoms. The third-order valence-electron chi connectivity index (χ3n) is 5.28. The smallest absolute Gasteiger partial charge is 0.261 e. The van der Waals surface area contributed by atoms with Crippen LogP contribution >= 0.6 is 0 Å². The lowest BCUT2D eigenvalue weighted by atomic mass is 10.0. The predicted octanol–water partition coefficient (Wildman–Crippen LogP) is 4.99. The fourth-order valence-electron chi connectivity index (χ4n) is 3.47. The van der Waals surface area contributed by atoms with Crippen LogP contribution < -0.4 is 14.8 Å². The number of benzene rings is 3. The van der Waals surface area contributed by atoms with Crippen LogP contribution in [-0.4, -0.2) is 21.4 Å². The summed E-state index contributed by atoms with van der Waals surface area (Å²) in [5.41, 5.74) is 3.38. The first-order chi connectivity index (χ1) is 15.2. The van der Waals surface area contributed by atoms with E-state index in [9.17, 15) is 13.2 Å². The molecule has 0 aromatic heterocycles. The first kappa shape index (κ1) is 23.3. The van der Waals surface area contributed by atoms with Gasteiger partial charge in [-0.3, -0.25) is 9.52 Å². The summed E-state index contributed by atoms with van der Waals surface area (Å²) in [6.07, 6.45) is 0.675. The van der Waals surface area contributed by atoms with E-state index in [2.05, 4.69) is 10.0 Å². The van der Waals surface area contributed by atoms with Crippen molar-refractivity contribution in [2.75, 3.05) is 11.8 Å². The summed E-state index contributed by atoms with van der Waals surface area (Å²) in [6, 6.07) is 18.7.